The number of rotatable bonds is 1. The van der Waals surface area contributed by atoms with Crippen LogP contribution in [0, 0.1) is 0 Å². The van der Waals surface area contributed by atoms with Gasteiger partial charge in [-0.25, -0.2) is 19.8 Å². The molecule has 0 saturated heterocycles. The minimum Gasteiger partial charge on any atom is -0.463 e. The summed E-state index contributed by atoms with van der Waals surface area (Å²) < 4.78 is 4.50. The SMILES string of the molecule is COC(=O)c1ncc2c(n1)N=C[C@@H]2Br. The summed E-state index contributed by atoms with van der Waals surface area (Å²) in [4.78, 5) is 23.0. The van der Waals surface area contributed by atoms with Crippen molar-refractivity contribution < 1.29 is 9.53 Å². The molecule has 0 spiro atoms. The first kappa shape index (κ1) is 9.26. The van der Waals surface area contributed by atoms with E-state index in [0.29, 0.717) is 5.82 Å². The minimum absolute atomic E-state index is 0.0317. The molecule has 1 aromatic heterocycles. The van der Waals surface area contributed by atoms with Gasteiger partial charge in [0.1, 0.15) is 0 Å². The quantitative estimate of drug-likeness (QED) is 0.563. The van der Waals surface area contributed by atoms with Gasteiger partial charge in [-0.2, -0.15) is 0 Å². The summed E-state index contributed by atoms with van der Waals surface area (Å²) in [6.45, 7) is 0. The van der Waals surface area contributed by atoms with E-state index in [-0.39, 0.29) is 10.7 Å². The van der Waals surface area contributed by atoms with E-state index in [0.717, 1.165) is 5.56 Å². The smallest absolute Gasteiger partial charge is 0.376 e. The molecule has 0 fully saturated rings. The van der Waals surface area contributed by atoms with E-state index >= 15 is 0 Å². The summed E-state index contributed by atoms with van der Waals surface area (Å²) in [7, 11) is 1.29. The van der Waals surface area contributed by atoms with Crippen molar-refractivity contribution in [3.8, 4) is 0 Å². The average Bonchev–Trinajstić information content (AvgIpc) is 2.59. The highest BCUT2D eigenvalue weighted by Crippen LogP contribution is 2.33. The Balaban J connectivity index is 2.42. The Labute approximate surface area is 88.4 Å². The average molecular weight is 256 g/mol. The van der Waals surface area contributed by atoms with Gasteiger partial charge >= 0.3 is 5.97 Å². The van der Waals surface area contributed by atoms with E-state index in [4.69, 9.17) is 0 Å². The van der Waals surface area contributed by atoms with Crippen LogP contribution >= 0.6 is 15.9 Å². The van der Waals surface area contributed by atoms with E-state index in [9.17, 15) is 4.79 Å². The van der Waals surface area contributed by atoms with Gasteiger partial charge in [-0.1, -0.05) is 15.9 Å². The van der Waals surface area contributed by atoms with E-state index in [1.54, 1.807) is 12.4 Å². The van der Waals surface area contributed by atoms with E-state index in [2.05, 4.69) is 35.6 Å². The number of halogens is 1. The lowest BCUT2D eigenvalue weighted by Gasteiger charge is -2.01. The van der Waals surface area contributed by atoms with Gasteiger partial charge in [0.25, 0.3) is 0 Å². The molecule has 0 N–H and O–H groups in total. The minimum atomic E-state index is -0.555. The van der Waals surface area contributed by atoms with Crippen molar-refractivity contribution >= 4 is 33.9 Å². The molecule has 72 valence electrons. The number of methoxy groups -OCH3 is 1. The zero-order chi connectivity index (χ0) is 10.1. The normalized spacial score (nSPS) is 18.0. The molecule has 2 heterocycles. The first-order valence-corrected chi connectivity index (χ1v) is 4.77. The van der Waals surface area contributed by atoms with Crippen LogP contribution in [0.15, 0.2) is 11.2 Å². The van der Waals surface area contributed by atoms with Crippen LogP contribution in [0.1, 0.15) is 21.0 Å². The van der Waals surface area contributed by atoms with Crippen molar-refractivity contribution in [1.82, 2.24) is 9.97 Å². The van der Waals surface area contributed by atoms with Crippen LogP contribution in [0.4, 0.5) is 5.82 Å². The molecule has 0 bridgehead atoms. The molecule has 2 rings (SSSR count). The highest BCUT2D eigenvalue weighted by molar-refractivity contribution is 9.09. The molecule has 1 aliphatic heterocycles. The van der Waals surface area contributed by atoms with Crippen LogP contribution in [0.3, 0.4) is 0 Å². The van der Waals surface area contributed by atoms with Crippen LogP contribution in [0.2, 0.25) is 0 Å². The molecule has 1 atom stereocenters. The van der Waals surface area contributed by atoms with Crippen LogP contribution in [0.5, 0.6) is 0 Å². The van der Waals surface area contributed by atoms with Gasteiger partial charge in [0.15, 0.2) is 5.82 Å². The molecular weight excluding hydrogens is 250 g/mol. The number of alkyl halides is 1. The predicted molar refractivity (Wildman–Crippen MR) is 53.2 cm³/mol. The predicted octanol–water partition coefficient (Wildman–Crippen LogP) is 1.42. The number of ether oxygens (including phenoxy) is 1. The summed E-state index contributed by atoms with van der Waals surface area (Å²) >= 11 is 3.37. The second-order valence-electron chi connectivity index (χ2n) is 2.64. The van der Waals surface area contributed by atoms with Crippen molar-refractivity contribution in [2.24, 2.45) is 4.99 Å². The largest absolute Gasteiger partial charge is 0.463 e. The Kier molecular flexibility index (Phi) is 2.28. The summed E-state index contributed by atoms with van der Waals surface area (Å²) in [6, 6.07) is 0. The lowest BCUT2D eigenvalue weighted by molar-refractivity contribution is 0.0587. The molecule has 0 amide bonds. The van der Waals surface area contributed by atoms with Crippen LogP contribution in [-0.4, -0.2) is 29.3 Å². The number of hydrogen-bond donors (Lipinski definition) is 0. The van der Waals surface area contributed by atoms with E-state index in [1.165, 1.54) is 7.11 Å². The lowest BCUT2D eigenvalue weighted by atomic mass is 10.3. The molecule has 0 saturated carbocycles. The third-order valence-electron chi connectivity index (χ3n) is 1.79. The van der Waals surface area contributed by atoms with Crippen molar-refractivity contribution in [1.29, 1.82) is 0 Å². The second kappa shape index (κ2) is 3.45. The third-order valence-corrected chi connectivity index (χ3v) is 2.52. The zero-order valence-electron chi connectivity index (χ0n) is 7.27. The Morgan fingerprint density at radius 1 is 1.64 bits per heavy atom. The first-order valence-electron chi connectivity index (χ1n) is 3.86. The van der Waals surface area contributed by atoms with Gasteiger partial charge in [-0.05, 0) is 0 Å². The molecule has 0 unspecified atom stereocenters. The van der Waals surface area contributed by atoms with Gasteiger partial charge in [0.2, 0.25) is 5.82 Å². The molecule has 0 aromatic carbocycles. The van der Waals surface area contributed by atoms with Crippen LogP contribution in [0.25, 0.3) is 0 Å². The second-order valence-corrected chi connectivity index (χ2v) is 3.63. The molecule has 14 heavy (non-hydrogen) atoms. The molecule has 0 aliphatic carbocycles. The number of aromatic nitrogens is 2. The molecule has 1 aromatic rings. The summed E-state index contributed by atoms with van der Waals surface area (Å²) in [5, 5.41) is 0. The topological polar surface area (TPSA) is 64.4 Å². The molecule has 0 radical (unpaired) electrons. The number of esters is 1. The van der Waals surface area contributed by atoms with Gasteiger partial charge in [0.05, 0.1) is 11.9 Å². The number of carbonyl (C=O) groups is 1. The standard InChI is InChI=1S/C8H6BrN3O2/c1-14-8(13)7-10-2-4-5(9)3-11-6(4)12-7/h2-3,5H,1H3/t5-/m0/s1. The van der Waals surface area contributed by atoms with E-state index < -0.39 is 5.97 Å². The van der Waals surface area contributed by atoms with Crippen molar-refractivity contribution in [3.63, 3.8) is 0 Å². The van der Waals surface area contributed by atoms with Gasteiger partial charge in [0, 0.05) is 18.0 Å². The number of hydrogen-bond acceptors (Lipinski definition) is 5. The molecular formula is C8H6BrN3O2. The fraction of sp³-hybridized carbons (Fsp3) is 0.250. The fourth-order valence-corrected chi connectivity index (χ4v) is 1.53. The maximum absolute atomic E-state index is 11.1. The molecule has 6 heteroatoms. The maximum atomic E-state index is 11.1. The van der Waals surface area contributed by atoms with Crippen molar-refractivity contribution in [2.75, 3.05) is 7.11 Å². The number of aliphatic imine (C=N–C) groups is 1. The number of fused-ring (bicyclic) bond motifs is 1. The monoisotopic (exact) mass is 255 g/mol. The molecule has 5 nitrogen and oxygen atoms in total. The van der Waals surface area contributed by atoms with Crippen molar-refractivity contribution in [3.05, 3.63) is 17.6 Å². The highest BCUT2D eigenvalue weighted by Gasteiger charge is 2.20. The Morgan fingerprint density at radius 3 is 3.14 bits per heavy atom. The Morgan fingerprint density at radius 2 is 2.43 bits per heavy atom. The fourth-order valence-electron chi connectivity index (χ4n) is 1.09. The number of carbonyl (C=O) groups excluding carboxylic acids is 1. The summed E-state index contributed by atoms with van der Waals surface area (Å²) in [5.41, 5.74) is 0.859. The summed E-state index contributed by atoms with van der Waals surface area (Å²) in [6.07, 6.45) is 3.27. The summed E-state index contributed by atoms with van der Waals surface area (Å²) in [5.74, 6) is -0.00621. The van der Waals surface area contributed by atoms with Crippen LogP contribution in [-0.2, 0) is 4.74 Å². The van der Waals surface area contributed by atoms with E-state index in [1.807, 2.05) is 0 Å². The molecule has 1 aliphatic rings. The first-order chi connectivity index (χ1) is 6.72. The van der Waals surface area contributed by atoms with Gasteiger partial charge < -0.3 is 4.74 Å². The lowest BCUT2D eigenvalue weighted by Crippen LogP contribution is -2.07. The highest BCUT2D eigenvalue weighted by atomic mass is 79.9. The Hall–Kier alpha value is -1.30. The third kappa shape index (κ3) is 1.41. The zero-order valence-corrected chi connectivity index (χ0v) is 8.85. The maximum Gasteiger partial charge on any atom is 0.376 e. The van der Waals surface area contributed by atoms with Gasteiger partial charge in [-0.3, -0.25) is 0 Å². The van der Waals surface area contributed by atoms with Crippen LogP contribution < -0.4 is 0 Å². The van der Waals surface area contributed by atoms with Crippen molar-refractivity contribution in [2.45, 2.75) is 4.83 Å². The Bertz CT molecular complexity index is 419. The van der Waals surface area contributed by atoms with Gasteiger partial charge in [-0.15, -0.1) is 0 Å². The number of nitrogens with zero attached hydrogens (tertiary/aromatic N) is 3.